The molecule has 0 unspecified atom stereocenters. The number of hydrogen-bond acceptors (Lipinski definition) is 6. The van der Waals surface area contributed by atoms with Crippen molar-refractivity contribution in [3.8, 4) is 11.5 Å². The molecule has 3 aliphatic carbocycles. The first kappa shape index (κ1) is 40.1. The number of aryl methyl sites for hydroxylation is 2. The van der Waals surface area contributed by atoms with Gasteiger partial charge in [0.25, 0.3) is 0 Å². The lowest BCUT2D eigenvalue weighted by Gasteiger charge is -2.47. The number of ether oxygens (including phenoxy) is 2. The Balaban J connectivity index is 1.04. The predicted octanol–water partition coefficient (Wildman–Crippen LogP) is 10.6. The van der Waals surface area contributed by atoms with Crippen LogP contribution in [0, 0.1) is 11.8 Å². The quantitative estimate of drug-likeness (QED) is 0.0920. The molecule has 0 aliphatic heterocycles. The van der Waals surface area contributed by atoms with Gasteiger partial charge in [0.2, 0.25) is 0 Å². The molecular weight excluding hydrogens is 718 g/mol. The maximum Gasteiger partial charge on any atom is 0.329 e. The van der Waals surface area contributed by atoms with E-state index in [0.29, 0.717) is 42.2 Å². The number of rotatable bonds is 17. The Bertz CT molecular complexity index is 1930. The summed E-state index contributed by atoms with van der Waals surface area (Å²) in [5, 5.41) is 18.3. The number of carboxylic acid groups (broad SMARTS) is 1. The van der Waals surface area contributed by atoms with E-state index < -0.39 is 11.5 Å². The Morgan fingerprint density at radius 3 is 2.61 bits per heavy atom. The molecule has 4 aromatic rings. The maximum absolute atomic E-state index is 13.1. The van der Waals surface area contributed by atoms with E-state index in [-0.39, 0.29) is 11.5 Å². The summed E-state index contributed by atoms with van der Waals surface area (Å²) in [4.78, 5) is 17.7. The zero-order valence-electron chi connectivity index (χ0n) is 33.5. The lowest BCUT2D eigenvalue weighted by Crippen LogP contribution is -2.53. The molecule has 0 saturated heterocycles. The summed E-state index contributed by atoms with van der Waals surface area (Å²) in [5.74, 6) is 2.22. The number of unbranched alkanes of at least 4 members (excludes halogenated alkanes) is 1. The summed E-state index contributed by atoms with van der Waals surface area (Å²) >= 11 is 6.32. The second kappa shape index (κ2) is 18.0. The van der Waals surface area contributed by atoms with Gasteiger partial charge in [0.05, 0.1) is 6.61 Å². The van der Waals surface area contributed by atoms with Gasteiger partial charge in [-0.15, -0.1) is 0 Å². The van der Waals surface area contributed by atoms with Crippen molar-refractivity contribution >= 4 is 23.3 Å². The molecule has 1 saturated carbocycles. The van der Waals surface area contributed by atoms with Crippen LogP contribution >= 0.6 is 11.6 Å². The van der Waals surface area contributed by atoms with Crippen molar-refractivity contribution in [3.05, 3.63) is 118 Å². The van der Waals surface area contributed by atoms with Gasteiger partial charge in [-0.05, 0) is 167 Å². The maximum atomic E-state index is 13.1. The third kappa shape index (κ3) is 9.21. The SMILES string of the molecule is C[C@@H](COc1ccnc2c1[C@H](C)CCC2)C[C@H]1Cc2ccc(O[C@H](C)CNCCCCc3ccccc3)cc2C12CCC(Nc1cccc(Cl)c1)(C(=O)O)CC2. The minimum atomic E-state index is -1.06. The Morgan fingerprint density at radius 1 is 1.00 bits per heavy atom. The number of benzene rings is 3. The number of nitrogens with one attached hydrogen (secondary N) is 2. The van der Waals surface area contributed by atoms with Crippen LogP contribution in [0.4, 0.5) is 5.69 Å². The standard InChI is InChI=1S/C48H60ClN3O4/c1-33(32-55-44-20-26-51-43-17-9-11-34(2)45(43)44)27-38-28-37-18-19-41(56-35(3)31-50-25-8-7-14-36-12-5-4-6-13-36)30-42(37)47(38)21-23-48(24-22-47,46(53)54)52-40-16-10-15-39(49)29-40/h4-6,10,12-13,15-16,18-20,26,29-30,33-35,38,50,52H,7-9,11,14,17,21-25,27-28,31-32H2,1-3H3,(H,53,54)/t33-,34-,35-,38+,47?,48?/m1/s1. The molecule has 4 atom stereocenters. The number of nitrogens with zero attached hydrogens (tertiary/aromatic N) is 1. The average Bonchev–Trinajstić information content (AvgIpc) is 3.47. The summed E-state index contributed by atoms with van der Waals surface area (Å²) in [6.45, 7) is 9.13. The van der Waals surface area contributed by atoms with Crippen LogP contribution in [0.5, 0.6) is 11.5 Å². The third-order valence-electron chi connectivity index (χ3n) is 12.9. The first-order valence-electron chi connectivity index (χ1n) is 21.1. The summed E-state index contributed by atoms with van der Waals surface area (Å²) in [5.41, 5.74) is 6.11. The van der Waals surface area contributed by atoms with Gasteiger partial charge in [0.1, 0.15) is 23.1 Å². The fourth-order valence-corrected chi connectivity index (χ4v) is 10.1. The molecule has 3 N–H and O–H groups in total. The van der Waals surface area contributed by atoms with Crippen molar-refractivity contribution in [2.75, 3.05) is 25.0 Å². The van der Waals surface area contributed by atoms with Gasteiger partial charge >= 0.3 is 5.97 Å². The van der Waals surface area contributed by atoms with Crippen LogP contribution < -0.4 is 20.1 Å². The molecule has 0 amide bonds. The van der Waals surface area contributed by atoms with Gasteiger partial charge in [-0.3, -0.25) is 4.98 Å². The number of halogens is 1. The fraction of sp³-hybridized carbons (Fsp3) is 0.500. The Kier molecular flexibility index (Phi) is 12.9. The van der Waals surface area contributed by atoms with Gasteiger partial charge in [-0.25, -0.2) is 4.79 Å². The fourth-order valence-electron chi connectivity index (χ4n) is 9.95. The molecule has 7 nitrogen and oxygen atoms in total. The monoisotopic (exact) mass is 777 g/mol. The molecule has 0 radical (unpaired) electrons. The molecule has 0 bridgehead atoms. The predicted molar refractivity (Wildman–Crippen MR) is 226 cm³/mol. The van der Waals surface area contributed by atoms with E-state index in [1.807, 2.05) is 36.5 Å². The lowest BCUT2D eigenvalue weighted by atomic mass is 9.59. The van der Waals surface area contributed by atoms with E-state index in [4.69, 9.17) is 21.1 Å². The number of pyridine rings is 1. The molecule has 7 rings (SSSR count). The van der Waals surface area contributed by atoms with Crippen molar-refractivity contribution in [2.24, 2.45) is 11.8 Å². The molecule has 1 spiro atoms. The van der Waals surface area contributed by atoms with Gasteiger partial charge in [-0.1, -0.05) is 67.9 Å². The van der Waals surface area contributed by atoms with Crippen LogP contribution in [0.1, 0.15) is 112 Å². The average molecular weight is 778 g/mol. The number of aliphatic carboxylic acids is 1. The molecule has 3 aromatic carbocycles. The Hall–Kier alpha value is -4.07. The number of carboxylic acids is 1. The van der Waals surface area contributed by atoms with Gasteiger partial charge in [-0.2, -0.15) is 0 Å². The number of aromatic nitrogens is 1. The highest BCUT2D eigenvalue weighted by molar-refractivity contribution is 6.30. The second-order valence-electron chi connectivity index (χ2n) is 17.1. The van der Waals surface area contributed by atoms with E-state index in [1.165, 1.54) is 40.8 Å². The molecule has 3 aliphatic rings. The minimum absolute atomic E-state index is 0.0158. The van der Waals surface area contributed by atoms with E-state index in [1.54, 1.807) is 0 Å². The van der Waals surface area contributed by atoms with Crippen molar-refractivity contribution in [1.82, 2.24) is 10.3 Å². The van der Waals surface area contributed by atoms with Crippen LogP contribution in [0.25, 0.3) is 0 Å². The zero-order chi connectivity index (χ0) is 39.1. The summed E-state index contributed by atoms with van der Waals surface area (Å²) in [6, 6.07) is 26.8. The van der Waals surface area contributed by atoms with Crippen molar-refractivity contribution in [3.63, 3.8) is 0 Å². The van der Waals surface area contributed by atoms with Crippen molar-refractivity contribution in [2.45, 2.75) is 121 Å². The lowest BCUT2D eigenvalue weighted by molar-refractivity contribution is -0.144. The Labute approximate surface area is 339 Å². The molecule has 56 heavy (non-hydrogen) atoms. The minimum Gasteiger partial charge on any atom is -0.493 e. The van der Waals surface area contributed by atoms with E-state index in [9.17, 15) is 9.90 Å². The molecular formula is C48H60ClN3O4. The van der Waals surface area contributed by atoms with Crippen molar-refractivity contribution < 1.29 is 19.4 Å². The zero-order valence-corrected chi connectivity index (χ0v) is 34.3. The first-order chi connectivity index (χ1) is 27.1. The van der Waals surface area contributed by atoms with Gasteiger partial charge in [0, 0.05) is 34.7 Å². The normalized spacial score (nSPS) is 23.9. The van der Waals surface area contributed by atoms with Crippen molar-refractivity contribution in [1.29, 1.82) is 0 Å². The van der Waals surface area contributed by atoms with E-state index in [0.717, 1.165) is 81.6 Å². The molecule has 1 fully saturated rings. The number of anilines is 1. The van der Waals surface area contributed by atoms with Crippen LogP contribution in [0.2, 0.25) is 5.02 Å². The third-order valence-corrected chi connectivity index (χ3v) is 13.2. The van der Waals surface area contributed by atoms with Gasteiger partial charge in [0.15, 0.2) is 0 Å². The molecule has 1 heterocycles. The Morgan fingerprint density at radius 2 is 1.82 bits per heavy atom. The largest absolute Gasteiger partial charge is 0.493 e. The van der Waals surface area contributed by atoms with E-state index in [2.05, 4.69) is 84.9 Å². The molecule has 8 heteroatoms. The first-order valence-corrected chi connectivity index (χ1v) is 21.4. The topological polar surface area (TPSA) is 92.7 Å². The second-order valence-corrected chi connectivity index (χ2v) is 17.5. The highest BCUT2D eigenvalue weighted by Crippen LogP contribution is 2.57. The van der Waals surface area contributed by atoms with Crippen LogP contribution in [0.15, 0.2) is 85.1 Å². The van der Waals surface area contributed by atoms with Gasteiger partial charge < -0.3 is 25.2 Å². The number of fused-ring (bicyclic) bond motifs is 3. The number of hydrogen-bond donors (Lipinski definition) is 3. The van der Waals surface area contributed by atoms with Crippen LogP contribution in [-0.2, 0) is 29.5 Å². The highest BCUT2D eigenvalue weighted by Gasteiger charge is 2.54. The van der Waals surface area contributed by atoms with E-state index >= 15 is 0 Å². The molecule has 298 valence electrons. The summed E-state index contributed by atoms with van der Waals surface area (Å²) < 4.78 is 13.2. The summed E-state index contributed by atoms with van der Waals surface area (Å²) in [6.07, 6.45) is 13.3. The van der Waals surface area contributed by atoms with Crippen LogP contribution in [-0.4, -0.2) is 47.4 Å². The smallest absolute Gasteiger partial charge is 0.329 e. The number of carbonyl (C=O) groups is 1. The summed E-state index contributed by atoms with van der Waals surface area (Å²) in [7, 11) is 0. The highest BCUT2D eigenvalue weighted by atomic mass is 35.5. The van der Waals surface area contributed by atoms with Crippen LogP contribution in [0.3, 0.4) is 0 Å². The molecule has 1 aromatic heterocycles.